The molecular formula is C15H16ClF3N4O2S. The van der Waals surface area contributed by atoms with Crippen LogP contribution < -0.4 is 10.6 Å². The lowest BCUT2D eigenvalue weighted by Gasteiger charge is -2.32. The smallest absolute Gasteiger partial charge is 0.383 e. The Morgan fingerprint density at radius 3 is 2.96 bits per heavy atom. The number of anilines is 1. The van der Waals surface area contributed by atoms with E-state index in [-0.39, 0.29) is 36.1 Å². The number of methoxy groups -OCH3 is 1. The van der Waals surface area contributed by atoms with E-state index in [0.29, 0.717) is 0 Å². The number of hydrogen-bond acceptors (Lipinski definition) is 5. The lowest BCUT2D eigenvalue weighted by Crippen LogP contribution is -2.35. The van der Waals surface area contributed by atoms with Crippen LogP contribution in [0.15, 0.2) is 17.5 Å². The molecule has 0 aliphatic carbocycles. The number of carbonyl (C=O) groups excluding carboxylic acids is 1. The number of alkyl halides is 3. The number of aromatic nitrogens is 2. The number of thiophene rings is 1. The number of amides is 1. The SMILES string of the molecule is COCCNC(=O)c1nn2c(c1Cl)N[C@H](c1cccs1)C[C@@H]2C(F)(F)F. The molecule has 2 aromatic heterocycles. The van der Waals surface area contributed by atoms with Gasteiger partial charge in [-0.15, -0.1) is 11.3 Å². The van der Waals surface area contributed by atoms with Gasteiger partial charge in [-0.05, 0) is 11.4 Å². The van der Waals surface area contributed by atoms with Crippen LogP contribution in [0.5, 0.6) is 0 Å². The van der Waals surface area contributed by atoms with Gasteiger partial charge < -0.3 is 15.4 Å². The molecule has 2 N–H and O–H groups in total. The maximum atomic E-state index is 13.6. The molecule has 0 saturated heterocycles. The van der Waals surface area contributed by atoms with Crippen molar-refractivity contribution in [3.05, 3.63) is 33.1 Å². The molecular weight excluding hydrogens is 393 g/mol. The van der Waals surface area contributed by atoms with Crippen LogP contribution in [-0.2, 0) is 4.74 Å². The highest BCUT2D eigenvalue weighted by Gasteiger charge is 2.48. The maximum Gasteiger partial charge on any atom is 0.410 e. The highest BCUT2D eigenvalue weighted by atomic mass is 35.5. The van der Waals surface area contributed by atoms with Gasteiger partial charge in [0.25, 0.3) is 5.91 Å². The average Bonchev–Trinajstić information content (AvgIpc) is 3.22. The molecule has 0 spiro atoms. The minimum atomic E-state index is -4.52. The molecule has 3 heterocycles. The van der Waals surface area contributed by atoms with Gasteiger partial charge in [0.2, 0.25) is 0 Å². The fraction of sp³-hybridized carbons (Fsp3) is 0.467. The Balaban J connectivity index is 1.95. The van der Waals surface area contributed by atoms with Crippen molar-refractivity contribution in [1.82, 2.24) is 15.1 Å². The largest absolute Gasteiger partial charge is 0.410 e. The molecule has 1 aliphatic heterocycles. The number of nitrogens with zero attached hydrogens (tertiary/aromatic N) is 2. The maximum absolute atomic E-state index is 13.6. The van der Waals surface area contributed by atoms with Crippen molar-refractivity contribution in [2.45, 2.75) is 24.7 Å². The van der Waals surface area contributed by atoms with Crippen molar-refractivity contribution < 1.29 is 22.7 Å². The van der Waals surface area contributed by atoms with Gasteiger partial charge in [0.05, 0.1) is 12.6 Å². The number of ether oxygens (including phenoxy) is 1. The third-order valence-electron chi connectivity index (χ3n) is 3.99. The van der Waals surface area contributed by atoms with E-state index in [4.69, 9.17) is 16.3 Å². The van der Waals surface area contributed by atoms with E-state index >= 15 is 0 Å². The molecule has 0 saturated carbocycles. The van der Waals surface area contributed by atoms with Crippen LogP contribution in [0, 0.1) is 0 Å². The van der Waals surface area contributed by atoms with E-state index in [1.165, 1.54) is 18.4 Å². The Hall–Kier alpha value is -1.78. The zero-order chi connectivity index (χ0) is 18.9. The lowest BCUT2D eigenvalue weighted by molar-refractivity contribution is -0.173. The molecule has 1 aliphatic rings. The topological polar surface area (TPSA) is 68.2 Å². The first-order valence-corrected chi connectivity index (χ1v) is 9.00. The summed E-state index contributed by atoms with van der Waals surface area (Å²) >= 11 is 7.54. The van der Waals surface area contributed by atoms with Crippen molar-refractivity contribution in [2.75, 3.05) is 25.6 Å². The van der Waals surface area contributed by atoms with Crippen molar-refractivity contribution in [3.63, 3.8) is 0 Å². The molecule has 0 bridgehead atoms. The molecule has 142 valence electrons. The van der Waals surface area contributed by atoms with Crippen molar-refractivity contribution in [3.8, 4) is 0 Å². The van der Waals surface area contributed by atoms with E-state index in [1.807, 2.05) is 0 Å². The van der Waals surface area contributed by atoms with Gasteiger partial charge in [-0.2, -0.15) is 18.3 Å². The van der Waals surface area contributed by atoms with Crippen LogP contribution in [0.4, 0.5) is 19.0 Å². The fourth-order valence-electron chi connectivity index (χ4n) is 2.76. The van der Waals surface area contributed by atoms with Crippen molar-refractivity contribution >= 4 is 34.7 Å². The Kier molecular flexibility index (Phi) is 5.44. The Morgan fingerprint density at radius 2 is 2.35 bits per heavy atom. The summed E-state index contributed by atoms with van der Waals surface area (Å²) in [4.78, 5) is 12.9. The van der Waals surface area contributed by atoms with Gasteiger partial charge in [0, 0.05) is 25.0 Å². The number of nitrogens with one attached hydrogen (secondary N) is 2. The molecule has 1 amide bonds. The summed E-state index contributed by atoms with van der Waals surface area (Å²) in [7, 11) is 1.47. The number of hydrogen-bond donors (Lipinski definition) is 2. The average molecular weight is 409 g/mol. The van der Waals surface area contributed by atoms with Crippen LogP contribution >= 0.6 is 22.9 Å². The van der Waals surface area contributed by atoms with Gasteiger partial charge in [0.1, 0.15) is 10.8 Å². The summed E-state index contributed by atoms with van der Waals surface area (Å²) in [5, 5.41) is 11.0. The molecule has 11 heteroatoms. The molecule has 0 unspecified atom stereocenters. The number of halogens is 4. The van der Waals surface area contributed by atoms with Gasteiger partial charge >= 0.3 is 6.18 Å². The second kappa shape index (κ2) is 7.45. The minimum absolute atomic E-state index is 0.00414. The lowest BCUT2D eigenvalue weighted by atomic mass is 10.0. The van der Waals surface area contributed by atoms with Gasteiger partial charge in [-0.1, -0.05) is 17.7 Å². The van der Waals surface area contributed by atoms with E-state index in [9.17, 15) is 18.0 Å². The second-order valence-electron chi connectivity index (χ2n) is 5.71. The van der Waals surface area contributed by atoms with Crippen LogP contribution in [0.3, 0.4) is 0 Å². The molecule has 0 fully saturated rings. The normalized spacial score (nSPS) is 19.7. The third-order valence-corrected chi connectivity index (χ3v) is 5.33. The first-order valence-electron chi connectivity index (χ1n) is 7.74. The molecule has 26 heavy (non-hydrogen) atoms. The highest BCUT2D eigenvalue weighted by molar-refractivity contribution is 7.10. The van der Waals surface area contributed by atoms with Gasteiger partial charge in [-0.25, -0.2) is 4.68 Å². The number of rotatable bonds is 5. The number of carbonyl (C=O) groups is 1. The molecule has 2 atom stereocenters. The Bertz CT molecular complexity index is 779. The first-order chi connectivity index (χ1) is 12.3. The first kappa shape index (κ1) is 19.0. The van der Waals surface area contributed by atoms with Gasteiger partial charge in [0.15, 0.2) is 11.7 Å². The molecule has 3 rings (SSSR count). The summed E-state index contributed by atoms with van der Waals surface area (Å²) < 4.78 is 46.3. The minimum Gasteiger partial charge on any atom is -0.383 e. The fourth-order valence-corrected chi connectivity index (χ4v) is 3.82. The summed E-state index contributed by atoms with van der Waals surface area (Å²) in [6, 6.07) is 1.09. The highest BCUT2D eigenvalue weighted by Crippen LogP contribution is 2.46. The molecule has 0 radical (unpaired) electrons. The predicted molar refractivity (Wildman–Crippen MR) is 91.8 cm³/mol. The number of fused-ring (bicyclic) bond motifs is 1. The Morgan fingerprint density at radius 1 is 1.58 bits per heavy atom. The standard InChI is InChI=1S/C15H16ClF3N4O2S/c1-25-5-4-20-14(24)12-11(16)13-21-8(9-3-2-6-26-9)7-10(15(17,18)19)23(13)22-12/h2-3,6,8,10,21H,4-5,7H2,1H3,(H,20,24)/t8-,10+/m0/s1. The molecule has 2 aromatic rings. The van der Waals surface area contributed by atoms with E-state index in [0.717, 1.165) is 9.56 Å². The zero-order valence-electron chi connectivity index (χ0n) is 13.6. The summed E-state index contributed by atoms with van der Waals surface area (Å²) in [6.45, 7) is 0.461. The monoisotopic (exact) mass is 408 g/mol. The molecule has 0 aromatic carbocycles. The van der Waals surface area contributed by atoms with Crippen molar-refractivity contribution in [1.29, 1.82) is 0 Å². The zero-order valence-corrected chi connectivity index (χ0v) is 15.2. The van der Waals surface area contributed by atoms with Gasteiger partial charge in [-0.3, -0.25) is 4.79 Å². The second-order valence-corrected chi connectivity index (χ2v) is 7.07. The summed E-state index contributed by atoms with van der Waals surface area (Å²) in [5.74, 6) is -0.653. The summed E-state index contributed by atoms with van der Waals surface area (Å²) in [5.41, 5.74) is -0.244. The Labute approximate surface area is 156 Å². The van der Waals surface area contributed by atoms with E-state index in [2.05, 4.69) is 15.7 Å². The summed E-state index contributed by atoms with van der Waals surface area (Å²) in [6.07, 6.45) is -4.76. The predicted octanol–water partition coefficient (Wildman–Crippen LogP) is 3.63. The van der Waals surface area contributed by atoms with Crippen molar-refractivity contribution in [2.24, 2.45) is 0 Å². The van der Waals surface area contributed by atoms with Crippen LogP contribution in [0.1, 0.15) is 33.9 Å². The van der Waals surface area contributed by atoms with Crippen LogP contribution in [0.25, 0.3) is 0 Å². The molecule has 6 nitrogen and oxygen atoms in total. The van der Waals surface area contributed by atoms with Crippen LogP contribution in [0.2, 0.25) is 5.02 Å². The van der Waals surface area contributed by atoms with E-state index < -0.39 is 24.2 Å². The third kappa shape index (κ3) is 3.67. The quantitative estimate of drug-likeness (QED) is 0.741. The van der Waals surface area contributed by atoms with Crippen LogP contribution in [-0.4, -0.2) is 42.1 Å². The van der Waals surface area contributed by atoms with E-state index in [1.54, 1.807) is 17.5 Å².